The number of nitrogens with two attached hydrogens (primary N) is 1. The number of aromatic hydroxyl groups is 1. The molecule has 42 heavy (non-hydrogen) atoms. The zero-order valence-corrected chi connectivity index (χ0v) is 23.0. The summed E-state index contributed by atoms with van der Waals surface area (Å²) >= 11 is 0. The van der Waals surface area contributed by atoms with Gasteiger partial charge in [0.05, 0.1) is 11.6 Å². The largest absolute Gasteiger partial charge is 0.508 e. The van der Waals surface area contributed by atoms with Crippen LogP contribution in [0.15, 0.2) is 53.3 Å². The zero-order valence-electron chi connectivity index (χ0n) is 23.0. The number of carbonyl (C=O) groups is 4. The van der Waals surface area contributed by atoms with Crippen molar-refractivity contribution in [3.63, 3.8) is 0 Å². The Labute approximate surface area is 240 Å². The molecule has 0 radical (unpaired) electrons. The fourth-order valence-electron chi connectivity index (χ4n) is 6.84. The summed E-state index contributed by atoms with van der Waals surface area (Å²) in [6.45, 7) is 0. The number of phenols is 1. The van der Waals surface area contributed by atoms with Crippen LogP contribution < -0.4 is 11.1 Å². The van der Waals surface area contributed by atoms with Crippen molar-refractivity contribution in [2.24, 2.45) is 23.5 Å². The SMILES string of the molecule is CN(C)[C@@H]1C(=O)C(C(N)=O)=C(O)[C@@]2(O)C(=O)C3=C(O)c4c(O)ccc(-c5ccc(NC(=O)C6CC6)cc5)c4C[C@H]3C[C@@H]12. The van der Waals surface area contributed by atoms with E-state index in [1.165, 1.54) is 11.0 Å². The Balaban J connectivity index is 1.45. The molecule has 0 spiro atoms. The number of rotatable bonds is 5. The van der Waals surface area contributed by atoms with Gasteiger partial charge in [0.25, 0.3) is 5.91 Å². The Morgan fingerprint density at radius 2 is 1.69 bits per heavy atom. The molecular weight excluding hydrogens is 542 g/mol. The maximum absolute atomic E-state index is 14.0. The lowest BCUT2D eigenvalue weighted by molar-refractivity contribution is -0.153. The van der Waals surface area contributed by atoms with Crippen molar-refractivity contribution in [1.29, 1.82) is 0 Å². The van der Waals surface area contributed by atoms with E-state index in [4.69, 9.17) is 5.73 Å². The topological polar surface area (TPSA) is 190 Å². The predicted molar refractivity (Wildman–Crippen MR) is 151 cm³/mol. The number of anilines is 1. The standard InChI is InChI=1S/C31H31N3O8/c1-34(2)24-19-12-15-11-18-17(13-5-7-16(8-6-13)33-30(41)14-3-4-14)9-10-20(35)22(18)25(36)21(15)27(38)31(19,42)28(39)23(26(24)37)29(32)40/h5-10,14-15,19,24,35-36,39,42H,3-4,11-12H2,1-2H3,(H2,32,40)(H,33,41)/t15-,19-,24-,31-/m0/s1. The van der Waals surface area contributed by atoms with Gasteiger partial charge < -0.3 is 31.5 Å². The van der Waals surface area contributed by atoms with Gasteiger partial charge in [-0.05, 0) is 80.6 Å². The molecule has 0 aliphatic heterocycles. The summed E-state index contributed by atoms with van der Waals surface area (Å²) in [5, 5.41) is 47.8. The smallest absolute Gasteiger partial charge is 0.255 e. The van der Waals surface area contributed by atoms with Gasteiger partial charge in [0.1, 0.15) is 22.8 Å². The molecule has 2 aromatic rings. The molecular formula is C31H31N3O8. The van der Waals surface area contributed by atoms with E-state index < -0.39 is 58.0 Å². The van der Waals surface area contributed by atoms with Crippen LogP contribution in [0.3, 0.4) is 0 Å². The van der Waals surface area contributed by atoms with Crippen LogP contribution in [0.25, 0.3) is 16.9 Å². The molecule has 2 aromatic carbocycles. The molecule has 0 aromatic heterocycles. The van der Waals surface area contributed by atoms with Crippen LogP contribution in [-0.2, 0) is 25.6 Å². The third-order valence-electron chi connectivity index (χ3n) is 9.02. The van der Waals surface area contributed by atoms with Gasteiger partial charge in [-0.2, -0.15) is 0 Å². The number of hydrogen-bond donors (Lipinski definition) is 6. The highest BCUT2D eigenvalue weighted by Gasteiger charge is 2.64. The quantitative estimate of drug-likeness (QED) is 0.290. The summed E-state index contributed by atoms with van der Waals surface area (Å²) in [7, 11) is 3.11. The first kappa shape index (κ1) is 27.7. The van der Waals surface area contributed by atoms with Crippen molar-refractivity contribution in [1.82, 2.24) is 4.90 Å². The number of likely N-dealkylation sites (N-methyl/N-ethyl adjacent to an activating group) is 1. The zero-order chi connectivity index (χ0) is 30.2. The summed E-state index contributed by atoms with van der Waals surface area (Å²) < 4.78 is 0. The fourth-order valence-corrected chi connectivity index (χ4v) is 6.84. The average Bonchev–Trinajstić information content (AvgIpc) is 3.77. The molecule has 4 aliphatic carbocycles. The number of Topliss-reactive ketones (excluding diaryl/α,β-unsaturated/α-hetero) is 2. The summed E-state index contributed by atoms with van der Waals surface area (Å²) in [5.74, 6) is -6.86. The van der Waals surface area contributed by atoms with Gasteiger partial charge >= 0.3 is 0 Å². The number of primary amides is 1. The molecule has 7 N–H and O–H groups in total. The molecule has 11 heteroatoms. The monoisotopic (exact) mass is 573 g/mol. The van der Waals surface area contributed by atoms with Gasteiger partial charge in [0.2, 0.25) is 11.7 Å². The third-order valence-corrected chi connectivity index (χ3v) is 9.02. The summed E-state index contributed by atoms with van der Waals surface area (Å²) in [5.41, 5.74) is 4.30. The van der Waals surface area contributed by atoms with Crippen LogP contribution in [-0.4, -0.2) is 74.4 Å². The molecule has 4 aliphatic rings. The van der Waals surface area contributed by atoms with E-state index in [0.29, 0.717) is 16.8 Å². The lowest BCUT2D eigenvalue weighted by atomic mass is 9.57. The molecule has 0 saturated heterocycles. The average molecular weight is 574 g/mol. The van der Waals surface area contributed by atoms with Crippen LogP contribution in [0.4, 0.5) is 5.69 Å². The Kier molecular flexibility index (Phi) is 6.28. The molecule has 4 atom stereocenters. The molecule has 0 heterocycles. The molecule has 2 amide bonds. The Hall–Kier alpha value is -4.48. The molecule has 2 saturated carbocycles. The van der Waals surface area contributed by atoms with Gasteiger partial charge in [-0.25, -0.2) is 0 Å². The van der Waals surface area contributed by atoms with Gasteiger partial charge in [0, 0.05) is 23.1 Å². The summed E-state index contributed by atoms with van der Waals surface area (Å²) in [4.78, 5) is 53.0. The fraction of sp³-hybridized carbons (Fsp3) is 0.355. The molecule has 6 rings (SSSR count). The Morgan fingerprint density at radius 1 is 1.02 bits per heavy atom. The number of phenolic OH excluding ortho intramolecular Hbond substituents is 1. The number of fused-ring (bicyclic) bond motifs is 3. The second-order valence-electron chi connectivity index (χ2n) is 11.8. The van der Waals surface area contributed by atoms with Crippen LogP contribution in [0.1, 0.15) is 30.4 Å². The van der Waals surface area contributed by atoms with Crippen LogP contribution in [0.2, 0.25) is 0 Å². The third kappa shape index (κ3) is 3.95. The van der Waals surface area contributed by atoms with Crippen molar-refractivity contribution >= 4 is 34.8 Å². The van der Waals surface area contributed by atoms with Gasteiger partial charge in [-0.1, -0.05) is 18.2 Å². The minimum Gasteiger partial charge on any atom is -0.508 e. The van der Waals surface area contributed by atoms with E-state index in [1.54, 1.807) is 32.3 Å². The number of hydrogen-bond acceptors (Lipinski definition) is 9. The molecule has 2 fully saturated rings. The Morgan fingerprint density at radius 3 is 2.29 bits per heavy atom. The summed E-state index contributed by atoms with van der Waals surface area (Å²) in [6, 6.07) is 9.10. The number of nitrogens with zero attached hydrogens (tertiary/aromatic N) is 1. The molecule has 0 unspecified atom stereocenters. The molecule has 0 bridgehead atoms. The van der Waals surface area contributed by atoms with Crippen LogP contribution in [0.5, 0.6) is 5.75 Å². The van der Waals surface area contributed by atoms with Crippen LogP contribution in [0, 0.1) is 17.8 Å². The normalized spacial score (nSPS) is 27.0. The maximum atomic E-state index is 14.0. The number of aliphatic hydroxyl groups excluding tert-OH is 2. The number of carbonyl (C=O) groups excluding carboxylic acids is 4. The second-order valence-corrected chi connectivity index (χ2v) is 11.8. The van der Waals surface area contributed by atoms with Crippen molar-refractivity contribution in [3.05, 3.63) is 64.4 Å². The second kappa shape index (κ2) is 9.53. The number of ketones is 2. The van der Waals surface area contributed by atoms with E-state index in [2.05, 4.69) is 5.32 Å². The number of aliphatic hydroxyl groups is 3. The van der Waals surface area contributed by atoms with E-state index in [0.717, 1.165) is 18.4 Å². The van der Waals surface area contributed by atoms with Gasteiger partial charge in [-0.15, -0.1) is 0 Å². The highest BCUT2D eigenvalue weighted by atomic mass is 16.3. The lowest BCUT2D eigenvalue weighted by Gasteiger charge is -2.50. The minimum absolute atomic E-state index is 0.00694. The van der Waals surface area contributed by atoms with Crippen molar-refractivity contribution < 1.29 is 39.6 Å². The van der Waals surface area contributed by atoms with Crippen LogP contribution >= 0.6 is 0 Å². The number of benzene rings is 2. The van der Waals surface area contributed by atoms with Crippen molar-refractivity contribution in [2.45, 2.75) is 37.3 Å². The van der Waals surface area contributed by atoms with E-state index in [1.807, 2.05) is 12.1 Å². The first-order valence-corrected chi connectivity index (χ1v) is 13.8. The highest BCUT2D eigenvalue weighted by Crippen LogP contribution is 2.53. The van der Waals surface area contributed by atoms with E-state index >= 15 is 0 Å². The maximum Gasteiger partial charge on any atom is 0.255 e. The first-order chi connectivity index (χ1) is 19.9. The van der Waals surface area contributed by atoms with Crippen molar-refractivity contribution in [3.8, 4) is 16.9 Å². The van der Waals surface area contributed by atoms with Gasteiger partial charge in [0.15, 0.2) is 11.4 Å². The number of amides is 2. The first-order valence-electron chi connectivity index (χ1n) is 13.8. The molecule has 11 nitrogen and oxygen atoms in total. The molecule has 218 valence electrons. The number of nitrogens with one attached hydrogen (secondary N) is 1. The van der Waals surface area contributed by atoms with E-state index in [9.17, 15) is 39.6 Å². The predicted octanol–water partition coefficient (Wildman–Crippen LogP) is 1.98. The minimum atomic E-state index is -2.68. The highest BCUT2D eigenvalue weighted by molar-refractivity contribution is 6.24. The van der Waals surface area contributed by atoms with E-state index in [-0.39, 0.29) is 41.6 Å². The summed E-state index contributed by atoms with van der Waals surface area (Å²) in [6.07, 6.45) is 1.96. The lowest BCUT2D eigenvalue weighted by Crippen LogP contribution is -2.65. The Bertz CT molecular complexity index is 1640. The van der Waals surface area contributed by atoms with Gasteiger partial charge in [-0.3, -0.25) is 24.1 Å². The van der Waals surface area contributed by atoms with Crippen molar-refractivity contribution in [2.75, 3.05) is 19.4 Å².